The van der Waals surface area contributed by atoms with Crippen molar-refractivity contribution in [3.8, 4) is 40.2 Å². The van der Waals surface area contributed by atoms with Crippen molar-refractivity contribution in [3.63, 3.8) is 0 Å². The van der Waals surface area contributed by atoms with Crippen LogP contribution < -0.4 is 43.8 Å². The molecule has 0 aliphatic carbocycles. The Labute approximate surface area is 785 Å². The van der Waals surface area contributed by atoms with E-state index in [2.05, 4.69) is 31.4 Å². The van der Waals surface area contributed by atoms with Gasteiger partial charge in [-0.2, -0.15) is 0 Å². The summed E-state index contributed by atoms with van der Waals surface area (Å²) >= 11 is 0. The van der Waals surface area contributed by atoms with Crippen molar-refractivity contribution in [1.29, 1.82) is 0 Å². The Balaban J connectivity index is 0.000000226. The molecule has 3 N–H and O–H groups in total. The number of esters is 3. The summed E-state index contributed by atoms with van der Waals surface area (Å²) in [6.07, 6.45) is 18.7. The number of amides is 5. The SMILES string of the molecule is CCCCCCCOc1ccc(C(=O)Oc2ccc(CN(CC(=O)O)C(=O)c3ccc(NC(=O)Cc4ccccc4)cc3)cc2)cc1.CCCCCCCOc1ccc(C(=O)Oc2ccc(CN(CC(C)=O)C(=O)c3ccc(NC(=O)c4ccccc4)cc3)cc2)cc1.CCCCCCCOc1ccc(C(=O)Oc2ccc(CN(CCCC(C)=O)C(=O)c3ccc(OC)cc3)cc2)cc1. The average molecular weight is 1820 g/mol. The van der Waals surface area contributed by atoms with Crippen molar-refractivity contribution < 1.29 is 91.0 Å². The maximum Gasteiger partial charge on any atom is 0.343 e. The molecule has 11 aromatic carbocycles. The molecule has 11 rings (SSSR count). The molecule has 0 aromatic heterocycles. The number of carboxylic acids is 1. The van der Waals surface area contributed by atoms with Gasteiger partial charge in [0.05, 0.1) is 56.6 Å². The molecular formula is C110H121N5O19. The highest BCUT2D eigenvalue weighted by atomic mass is 16.5. The van der Waals surface area contributed by atoms with Crippen molar-refractivity contribution in [1.82, 2.24) is 14.7 Å². The van der Waals surface area contributed by atoms with Crippen LogP contribution in [0.3, 0.4) is 0 Å². The van der Waals surface area contributed by atoms with Crippen molar-refractivity contribution in [3.05, 3.63) is 340 Å². The second-order valence-electron chi connectivity index (χ2n) is 32.3. The van der Waals surface area contributed by atoms with Gasteiger partial charge in [-0.15, -0.1) is 0 Å². The lowest BCUT2D eigenvalue weighted by Crippen LogP contribution is -2.35. The predicted octanol–water partition coefficient (Wildman–Crippen LogP) is 22.2. The summed E-state index contributed by atoms with van der Waals surface area (Å²) in [7, 11) is 1.58. The first-order valence-corrected chi connectivity index (χ1v) is 45.8. The van der Waals surface area contributed by atoms with E-state index < -0.39 is 36.3 Å². The van der Waals surface area contributed by atoms with Crippen LogP contribution >= 0.6 is 0 Å². The molecule has 700 valence electrons. The molecule has 0 saturated carbocycles. The van der Waals surface area contributed by atoms with E-state index in [-0.39, 0.29) is 66.8 Å². The molecule has 5 amide bonds. The fourth-order valence-corrected chi connectivity index (χ4v) is 14.0. The number of ketones is 2. The van der Waals surface area contributed by atoms with Crippen molar-refractivity contribution in [2.75, 3.05) is 57.2 Å². The average Bonchev–Trinajstić information content (AvgIpc) is 0.846. The number of aliphatic carboxylic acids is 1. The van der Waals surface area contributed by atoms with Gasteiger partial charge in [0, 0.05) is 66.2 Å². The lowest BCUT2D eigenvalue weighted by molar-refractivity contribution is -0.138. The maximum atomic E-state index is 13.4. The Kier molecular flexibility index (Phi) is 43.6. The monoisotopic (exact) mass is 1820 g/mol. The summed E-state index contributed by atoms with van der Waals surface area (Å²) in [5, 5.41) is 15.1. The number of hydrogen-bond acceptors (Lipinski definition) is 18. The highest BCUT2D eigenvalue weighted by Gasteiger charge is 2.24. The van der Waals surface area contributed by atoms with Crippen LogP contribution in [-0.2, 0) is 45.2 Å². The molecule has 24 heteroatoms. The summed E-state index contributed by atoms with van der Waals surface area (Å²) in [4.78, 5) is 142. The smallest absolute Gasteiger partial charge is 0.343 e. The lowest BCUT2D eigenvalue weighted by Gasteiger charge is -2.23. The van der Waals surface area contributed by atoms with Crippen LogP contribution in [0.25, 0.3) is 0 Å². The molecule has 0 radical (unpaired) electrons. The van der Waals surface area contributed by atoms with Crippen molar-refractivity contribution >= 4 is 76.4 Å². The molecule has 0 heterocycles. The van der Waals surface area contributed by atoms with E-state index >= 15 is 0 Å². The minimum absolute atomic E-state index is 0.0228. The van der Waals surface area contributed by atoms with Gasteiger partial charge in [-0.3, -0.25) is 33.6 Å². The van der Waals surface area contributed by atoms with Gasteiger partial charge in [0.1, 0.15) is 58.4 Å². The van der Waals surface area contributed by atoms with E-state index in [0.717, 1.165) is 61.0 Å². The van der Waals surface area contributed by atoms with Gasteiger partial charge >= 0.3 is 23.9 Å². The number of carbonyl (C=O) groups excluding carboxylic acids is 10. The van der Waals surface area contributed by atoms with Crippen molar-refractivity contribution in [2.24, 2.45) is 0 Å². The largest absolute Gasteiger partial charge is 0.497 e. The number of carboxylic acid groups (broad SMARTS) is 1. The zero-order chi connectivity index (χ0) is 95.6. The van der Waals surface area contributed by atoms with E-state index in [4.69, 9.17) is 33.2 Å². The minimum Gasteiger partial charge on any atom is -0.497 e. The Morgan fingerprint density at radius 2 is 0.619 bits per heavy atom. The first-order chi connectivity index (χ1) is 65.0. The number of carbonyl (C=O) groups is 11. The molecule has 11 aromatic rings. The number of nitrogens with zero attached hydrogens (tertiary/aromatic N) is 3. The molecular weight excluding hydrogens is 1700 g/mol. The van der Waals surface area contributed by atoms with Crippen LogP contribution in [0, 0.1) is 0 Å². The molecule has 0 spiro atoms. The number of benzene rings is 11. The molecule has 0 saturated heterocycles. The van der Waals surface area contributed by atoms with E-state index in [1.54, 1.807) is 249 Å². The summed E-state index contributed by atoms with van der Waals surface area (Å²) in [5.41, 5.74) is 7.20. The Hall–Kier alpha value is -14.8. The summed E-state index contributed by atoms with van der Waals surface area (Å²) in [5.74, 6) is -0.158. The maximum absolute atomic E-state index is 13.4. The summed E-state index contributed by atoms with van der Waals surface area (Å²) < 4.78 is 39.1. The van der Waals surface area contributed by atoms with Crippen LogP contribution in [0.5, 0.6) is 40.2 Å². The van der Waals surface area contributed by atoms with E-state index in [9.17, 15) is 57.8 Å². The number of rotatable bonds is 50. The molecule has 0 aliphatic rings. The molecule has 0 atom stereocenters. The first kappa shape index (κ1) is 103. The molecule has 0 fully saturated rings. The van der Waals surface area contributed by atoms with Gasteiger partial charge < -0.3 is 68.4 Å². The van der Waals surface area contributed by atoms with Crippen LogP contribution in [0.4, 0.5) is 11.4 Å². The number of unbranched alkanes of at least 4 members (excludes halogenated alkanes) is 12. The minimum atomic E-state index is -1.16. The Morgan fingerprint density at radius 3 is 0.978 bits per heavy atom. The quantitative estimate of drug-likeness (QED) is 0.0181. The third kappa shape index (κ3) is 36.9. The van der Waals surface area contributed by atoms with Gasteiger partial charge in [0.15, 0.2) is 0 Å². The third-order valence-electron chi connectivity index (χ3n) is 21.3. The van der Waals surface area contributed by atoms with Gasteiger partial charge in [0.25, 0.3) is 23.6 Å². The zero-order valence-electron chi connectivity index (χ0n) is 77.3. The second kappa shape index (κ2) is 56.7. The van der Waals surface area contributed by atoms with Crippen LogP contribution in [0.15, 0.2) is 279 Å². The van der Waals surface area contributed by atoms with E-state index in [1.807, 2.05) is 48.5 Å². The Bertz CT molecular complexity index is 5510. The van der Waals surface area contributed by atoms with Crippen LogP contribution in [-0.4, -0.2) is 131 Å². The Morgan fingerprint density at radius 1 is 0.299 bits per heavy atom. The molecule has 24 nitrogen and oxygen atoms in total. The standard InChI is InChI=1S/C38H40N2O7.C38H40N2O6.C34H41NO6/c1-2-3-4-5-9-24-46-33-22-16-31(17-23-33)38(45)47-34-20-12-29(13-21-34)26-40(27-36(42)43)37(44)30-14-18-32(19-15-30)39-35(41)25-28-10-7-6-8-11-28;1-3-4-5-6-10-25-45-34-23-17-32(18-24-34)38(44)46-35-21-13-29(14-22-35)27-40(26-28(2)41)37(43)31-15-19-33(20-16-31)39-36(42)30-11-8-7-9-12-30;1-4-5-6-7-8-24-40-31-21-15-29(16-22-31)34(38)41-32-17-11-27(12-18-32)25-35(23-9-10-26(2)36)33(37)28-13-19-30(39-3)20-14-28/h6-8,10-23H,2-5,9,24-27H2,1H3,(H,39,41)(H,42,43);7-9,11-24H,3-6,10,25-27H2,1-2H3,(H,39,42);11-22H,4-10,23-25H2,1-3H3. The molecule has 0 bridgehead atoms. The first-order valence-electron chi connectivity index (χ1n) is 45.8. The molecule has 0 unspecified atom stereocenters. The molecule has 134 heavy (non-hydrogen) atoms. The summed E-state index contributed by atoms with van der Waals surface area (Å²) in [6.45, 7) is 11.9. The molecule has 0 aliphatic heterocycles. The van der Waals surface area contributed by atoms with Gasteiger partial charge in [-0.25, -0.2) is 14.4 Å². The lowest BCUT2D eigenvalue weighted by atomic mass is 10.1. The number of ether oxygens (including phenoxy) is 7. The summed E-state index contributed by atoms with van der Waals surface area (Å²) in [6, 6.07) is 79.1. The number of methoxy groups -OCH3 is 1. The second-order valence-corrected chi connectivity index (χ2v) is 32.3. The highest BCUT2D eigenvalue weighted by molar-refractivity contribution is 6.05. The van der Waals surface area contributed by atoms with Crippen LogP contribution in [0.2, 0.25) is 0 Å². The van der Waals surface area contributed by atoms with Crippen molar-refractivity contribution in [2.45, 2.75) is 170 Å². The van der Waals surface area contributed by atoms with E-state index in [1.165, 1.54) is 74.5 Å². The fraction of sp³-hybridized carbons (Fsp3) is 0.300. The third-order valence-corrected chi connectivity index (χ3v) is 21.3. The topological polar surface area (TPSA) is 306 Å². The fourth-order valence-electron chi connectivity index (χ4n) is 14.0. The predicted molar refractivity (Wildman–Crippen MR) is 518 cm³/mol. The number of anilines is 2. The highest BCUT2D eigenvalue weighted by Crippen LogP contribution is 2.27. The van der Waals surface area contributed by atoms with Gasteiger partial charge in [-0.05, 0) is 256 Å². The van der Waals surface area contributed by atoms with Gasteiger partial charge in [0.2, 0.25) is 5.91 Å². The number of Topliss-reactive ketones (excluding diaryl/α,β-unsaturated/α-hetero) is 2. The normalized spacial score (nSPS) is 10.6. The van der Waals surface area contributed by atoms with Gasteiger partial charge in [-0.1, -0.05) is 183 Å². The zero-order valence-corrected chi connectivity index (χ0v) is 77.3. The number of nitrogens with one attached hydrogen (secondary N) is 2. The number of hydrogen-bond donors (Lipinski definition) is 3. The van der Waals surface area contributed by atoms with Crippen LogP contribution in [0.1, 0.15) is 239 Å². The van der Waals surface area contributed by atoms with E-state index in [0.29, 0.717) is 131 Å².